The van der Waals surface area contributed by atoms with Gasteiger partial charge in [0.2, 0.25) is 0 Å². The van der Waals surface area contributed by atoms with Crippen molar-refractivity contribution in [2.75, 3.05) is 6.61 Å². The largest absolute Gasteiger partial charge is 0.493 e. The van der Waals surface area contributed by atoms with Crippen molar-refractivity contribution in [3.05, 3.63) is 54.1 Å². The van der Waals surface area contributed by atoms with E-state index in [9.17, 15) is 18.3 Å². The highest BCUT2D eigenvalue weighted by Gasteiger charge is 2.30. The predicted molar refractivity (Wildman–Crippen MR) is 131 cm³/mol. The number of halogens is 3. The lowest BCUT2D eigenvalue weighted by Crippen LogP contribution is -2.05. The number of carbonyl (C=O) groups excluding carboxylic acids is 1. The quantitative estimate of drug-likeness (QED) is 0.236. The van der Waals surface area contributed by atoms with Crippen LogP contribution < -0.4 is 4.74 Å². The fourth-order valence-electron chi connectivity index (χ4n) is 2.95. The lowest BCUT2D eigenvalue weighted by atomic mass is 10.1. The molecule has 1 aliphatic carbocycles. The summed E-state index contributed by atoms with van der Waals surface area (Å²) in [6.45, 7) is 10.1. The minimum Gasteiger partial charge on any atom is -0.493 e. The van der Waals surface area contributed by atoms with Crippen molar-refractivity contribution in [2.45, 2.75) is 91.8 Å². The van der Waals surface area contributed by atoms with Gasteiger partial charge < -0.3 is 14.6 Å². The smallest absolute Gasteiger partial charge is 0.416 e. The normalized spacial score (nSPS) is 17.4. The number of hydrogen-bond donors (Lipinski definition) is 1. The molecule has 0 heterocycles. The predicted octanol–water partition coefficient (Wildman–Crippen LogP) is 8.18. The Kier molecular flexibility index (Phi) is 21.8. The van der Waals surface area contributed by atoms with Crippen molar-refractivity contribution in [3.63, 3.8) is 0 Å². The molecule has 3 nitrogen and oxygen atoms in total. The molecule has 33 heavy (non-hydrogen) atoms. The first-order valence-corrected chi connectivity index (χ1v) is 11.9. The summed E-state index contributed by atoms with van der Waals surface area (Å²) >= 11 is 0. The summed E-state index contributed by atoms with van der Waals surface area (Å²) in [5.74, 6) is 0.642. The number of unbranched alkanes of at least 4 members (excludes halogenated alkanes) is 2. The Hall–Kier alpha value is -2.08. The van der Waals surface area contributed by atoms with Gasteiger partial charge in [0.1, 0.15) is 12.0 Å². The van der Waals surface area contributed by atoms with Gasteiger partial charge in [0, 0.05) is 0 Å². The maximum absolute atomic E-state index is 12.5. The first-order chi connectivity index (χ1) is 15.8. The van der Waals surface area contributed by atoms with Gasteiger partial charge in [-0.2, -0.15) is 13.2 Å². The molecule has 0 saturated heterocycles. The lowest BCUT2D eigenvalue weighted by Gasteiger charge is -2.09. The highest BCUT2D eigenvalue weighted by molar-refractivity contribution is 5.44. The van der Waals surface area contributed by atoms with E-state index in [1.807, 2.05) is 19.9 Å². The molecule has 6 heteroatoms. The number of benzene rings is 1. The molecule has 1 fully saturated rings. The second kappa shape index (κ2) is 21.7. The molecule has 190 valence electrons. The van der Waals surface area contributed by atoms with Gasteiger partial charge in [0.05, 0.1) is 18.3 Å². The molecule has 1 saturated carbocycles. The Balaban J connectivity index is 0. The SMILES string of the molecule is C/C=C\CCCC.CC.CC=O.O[C@H]1CCC(/C=C/CCOc2cccc(C(F)(F)F)c2)C1. The Morgan fingerprint density at radius 3 is 2.30 bits per heavy atom. The van der Waals surface area contributed by atoms with Crippen LogP contribution in [-0.4, -0.2) is 24.1 Å². The average molecular weight is 473 g/mol. The number of rotatable bonds is 8. The number of allylic oxidation sites excluding steroid dienone is 3. The minimum atomic E-state index is -4.34. The van der Waals surface area contributed by atoms with E-state index in [0.29, 0.717) is 18.9 Å². The number of ether oxygens (including phenoxy) is 1. The van der Waals surface area contributed by atoms with Crippen molar-refractivity contribution >= 4 is 6.29 Å². The van der Waals surface area contributed by atoms with Gasteiger partial charge in [-0.25, -0.2) is 0 Å². The summed E-state index contributed by atoms with van der Waals surface area (Å²) in [4.78, 5) is 8.81. The van der Waals surface area contributed by atoms with Gasteiger partial charge in [-0.3, -0.25) is 0 Å². The maximum Gasteiger partial charge on any atom is 0.416 e. The van der Waals surface area contributed by atoms with Gasteiger partial charge >= 0.3 is 6.18 Å². The number of alkyl halides is 3. The number of aliphatic hydroxyl groups is 1. The molecule has 1 aliphatic rings. The molecule has 2 atom stereocenters. The molecule has 1 aromatic rings. The number of aliphatic hydroxyl groups excluding tert-OH is 1. The Morgan fingerprint density at radius 2 is 1.79 bits per heavy atom. The van der Waals surface area contributed by atoms with Crippen LogP contribution in [0, 0.1) is 5.92 Å². The number of carbonyl (C=O) groups is 1. The molecular weight excluding hydrogens is 429 g/mol. The summed E-state index contributed by atoms with van der Waals surface area (Å²) < 4.78 is 42.9. The first kappa shape index (κ1) is 33.1. The van der Waals surface area contributed by atoms with Crippen LogP contribution in [0.4, 0.5) is 13.2 Å². The minimum absolute atomic E-state index is 0.194. The third-order valence-electron chi connectivity index (χ3n) is 4.53. The van der Waals surface area contributed by atoms with Crippen LogP contribution >= 0.6 is 0 Å². The standard InChI is InChI=1S/C16H19F3O2.C7H14.C2H4O.C2H6/c17-16(18,19)13-5-3-6-15(11-13)21-9-2-1-4-12-7-8-14(20)10-12;1-3-5-7-6-4-2;1-2-3;1-2/h1,3-6,11-12,14,20H,2,7-10H2;3,5H,4,6-7H2,1-2H3;2H,1H3;1-2H3/b4-1+;5-3-;;/t12?,14-;;;/m0.../s1. The fraction of sp³-hybridized carbons (Fsp3) is 0.593. The molecule has 1 unspecified atom stereocenters. The second-order valence-electron chi connectivity index (χ2n) is 7.26. The van der Waals surface area contributed by atoms with Crippen molar-refractivity contribution in [3.8, 4) is 5.75 Å². The molecular formula is C27H43F3O3. The summed E-state index contributed by atoms with van der Waals surface area (Å²) in [6, 6.07) is 4.90. The third-order valence-corrected chi connectivity index (χ3v) is 4.53. The molecule has 0 spiro atoms. The molecule has 0 aliphatic heterocycles. The van der Waals surface area contributed by atoms with Gasteiger partial charge in [-0.1, -0.05) is 64.0 Å². The highest BCUT2D eigenvalue weighted by Crippen LogP contribution is 2.31. The van der Waals surface area contributed by atoms with Crippen LogP contribution in [0.15, 0.2) is 48.6 Å². The van der Waals surface area contributed by atoms with Crippen LogP contribution in [-0.2, 0) is 11.0 Å². The average Bonchev–Trinajstić information content (AvgIpc) is 3.21. The zero-order valence-electron chi connectivity index (χ0n) is 20.9. The molecule has 0 amide bonds. The van der Waals surface area contributed by atoms with Crippen LogP contribution in [0.25, 0.3) is 0 Å². The monoisotopic (exact) mass is 472 g/mol. The van der Waals surface area contributed by atoms with Gasteiger partial charge in [0.25, 0.3) is 0 Å². The lowest BCUT2D eigenvalue weighted by molar-refractivity contribution is -0.137. The summed E-state index contributed by atoms with van der Waals surface area (Å²) in [5.41, 5.74) is -0.699. The van der Waals surface area contributed by atoms with E-state index in [4.69, 9.17) is 9.53 Å². The maximum atomic E-state index is 12.5. The van der Waals surface area contributed by atoms with Gasteiger partial charge in [-0.15, -0.1) is 0 Å². The van der Waals surface area contributed by atoms with Crippen LogP contribution in [0.1, 0.15) is 85.1 Å². The molecule has 0 bridgehead atoms. The van der Waals surface area contributed by atoms with Crippen LogP contribution in [0.3, 0.4) is 0 Å². The Bertz CT molecular complexity index is 640. The van der Waals surface area contributed by atoms with E-state index in [2.05, 4.69) is 32.1 Å². The van der Waals surface area contributed by atoms with E-state index >= 15 is 0 Å². The summed E-state index contributed by atoms with van der Waals surface area (Å²) in [5, 5.41) is 9.39. The molecule has 1 aromatic carbocycles. The zero-order chi connectivity index (χ0) is 25.5. The highest BCUT2D eigenvalue weighted by atomic mass is 19.4. The van der Waals surface area contributed by atoms with E-state index < -0.39 is 11.7 Å². The van der Waals surface area contributed by atoms with Crippen molar-refractivity contribution in [1.29, 1.82) is 0 Å². The van der Waals surface area contributed by atoms with E-state index in [-0.39, 0.29) is 11.9 Å². The van der Waals surface area contributed by atoms with Crippen molar-refractivity contribution in [2.24, 2.45) is 5.92 Å². The molecule has 2 rings (SSSR count). The molecule has 0 radical (unpaired) electrons. The Labute approximate surface area is 198 Å². The number of hydrogen-bond acceptors (Lipinski definition) is 3. The van der Waals surface area contributed by atoms with Gasteiger partial charge in [0.15, 0.2) is 0 Å². The first-order valence-electron chi connectivity index (χ1n) is 11.9. The Morgan fingerprint density at radius 1 is 1.12 bits per heavy atom. The van der Waals surface area contributed by atoms with Gasteiger partial charge in [-0.05, 0) is 70.1 Å². The second-order valence-corrected chi connectivity index (χ2v) is 7.26. The summed E-state index contributed by atoms with van der Waals surface area (Å²) in [6.07, 6.45) is 11.7. The molecule has 1 N–H and O–H groups in total. The van der Waals surface area contributed by atoms with E-state index in [0.717, 1.165) is 37.7 Å². The number of aldehydes is 1. The van der Waals surface area contributed by atoms with E-state index in [1.54, 1.807) is 0 Å². The van der Waals surface area contributed by atoms with Crippen molar-refractivity contribution < 1.29 is 27.8 Å². The van der Waals surface area contributed by atoms with Crippen molar-refractivity contribution in [1.82, 2.24) is 0 Å². The van der Waals surface area contributed by atoms with Crippen LogP contribution in [0.2, 0.25) is 0 Å². The zero-order valence-corrected chi connectivity index (χ0v) is 20.9. The topological polar surface area (TPSA) is 46.5 Å². The third kappa shape index (κ3) is 19.1. The summed E-state index contributed by atoms with van der Waals surface area (Å²) in [7, 11) is 0. The fourth-order valence-corrected chi connectivity index (χ4v) is 2.95. The van der Waals surface area contributed by atoms with E-state index in [1.165, 1.54) is 38.3 Å². The molecule has 0 aromatic heterocycles. The van der Waals surface area contributed by atoms with Crippen LogP contribution in [0.5, 0.6) is 5.75 Å².